The van der Waals surface area contributed by atoms with Gasteiger partial charge < -0.3 is 14.7 Å². The molecule has 0 saturated heterocycles. The van der Waals surface area contributed by atoms with E-state index in [1.165, 1.54) is 23.6 Å². The molecule has 0 bridgehead atoms. The molecule has 5 nitrogen and oxygen atoms in total. The minimum Gasteiger partial charge on any atom is -0.451 e. The Balaban J connectivity index is 1.62. The molecular weight excluding hydrogens is 242 g/mol. The second kappa shape index (κ2) is 4.97. The van der Waals surface area contributed by atoms with E-state index < -0.39 is 0 Å². The highest BCUT2D eigenvalue weighted by Gasteiger charge is 2.08. The first-order valence-corrected chi connectivity index (χ1v) is 6.06. The predicted octanol–water partition coefficient (Wildman–Crippen LogP) is 2.13. The smallest absolute Gasteiger partial charge is 0.273 e. The van der Waals surface area contributed by atoms with E-state index in [0.717, 1.165) is 11.9 Å². The highest BCUT2D eigenvalue weighted by atomic mass is 16.3. The Bertz CT molecular complexity index is 686. The van der Waals surface area contributed by atoms with E-state index in [4.69, 9.17) is 4.42 Å². The molecule has 2 aromatic heterocycles. The van der Waals surface area contributed by atoms with Crippen LogP contribution in [-0.2, 0) is 6.42 Å². The Hall–Kier alpha value is -2.56. The van der Waals surface area contributed by atoms with Crippen LogP contribution < -0.4 is 5.32 Å². The van der Waals surface area contributed by atoms with E-state index in [2.05, 4.69) is 21.4 Å². The molecule has 0 saturated carbocycles. The fraction of sp³-hybridized carbons (Fsp3) is 0.143. The van der Waals surface area contributed by atoms with Crippen molar-refractivity contribution in [1.29, 1.82) is 0 Å². The van der Waals surface area contributed by atoms with E-state index in [1.54, 1.807) is 0 Å². The molecule has 0 aliphatic heterocycles. The number of nitrogens with one attached hydrogen (secondary N) is 2. The van der Waals surface area contributed by atoms with Crippen LogP contribution in [0.3, 0.4) is 0 Å². The van der Waals surface area contributed by atoms with Gasteiger partial charge >= 0.3 is 0 Å². The van der Waals surface area contributed by atoms with Gasteiger partial charge in [-0.2, -0.15) is 0 Å². The summed E-state index contributed by atoms with van der Waals surface area (Å²) in [5.41, 5.74) is 2.61. The second-order valence-corrected chi connectivity index (χ2v) is 4.24. The monoisotopic (exact) mass is 255 g/mol. The van der Waals surface area contributed by atoms with Crippen molar-refractivity contribution in [2.75, 3.05) is 6.54 Å². The summed E-state index contributed by atoms with van der Waals surface area (Å²) in [5, 5.41) is 4.01. The van der Waals surface area contributed by atoms with Gasteiger partial charge in [-0.05, 0) is 18.1 Å². The van der Waals surface area contributed by atoms with Gasteiger partial charge in [-0.15, -0.1) is 0 Å². The Morgan fingerprint density at radius 1 is 1.37 bits per heavy atom. The lowest BCUT2D eigenvalue weighted by Crippen LogP contribution is -2.25. The molecule has 5 heteroatoms. The molecule has 0 unspecified atom stereocenters. The van der Waals surface area contributed by atoms with E-state index in [-0.39, 0.29) is 5.91 Å². The Labute approximate surface area is 109 Å². The van der Waals surface area contributed by atoms with Crippen LogP contribution in [0, 0.1) is 0 Å². The third kappa shape index (κ3) is 2.35. The zero-order valence-electron chi connectivity index (χ0n) is 10.2. The topological polar surface area (TPSA) is 70.9 Å². The van der Waals surface area contributed by atoms with Gasteiger partial charge in [0.15, 0.2) is 12.1 Å². The quantitative estimate of drug-likeness (QED) is 0.750. The van der Waals surface area contributed by atoms with Gasteiger partial charge in [0.05, 0.1) is 0 Å². The lowest BCUT2D eigenvalue weighted by molar-refractivity contribution is 0.0949. The van der Waals surface area contributed by atoms with Crippen molar-refractivity contribution in [1.82, 2.24) is 15.3 Å². The number of oxazole rings is 1. The average molecular weight is 255 g/mol. The number of benzene rings is 1. The molecule has 0 radical (unpaired) electrons. The standard InChI is InChI=1S/C14H13N3O2/c18-14(13-8-19-9-17-13)15-6-5-10-7-16-12-4-2-1-3-11(10)12/h1-4,7-9,16H,5-6H2,(H,15,18). The number of carbonyl (C=O) groups is 1. The van der Waals surface area contributed by atoms with Crippen LogP contribution in [0.1, 0.15) is 16.1 Å². The lowest BCUT2D eigenvalue weighted by Gasteiger charge is -2.02. The lowest BCUT2D eigenvalue weighted by atomic mass is 10.1. The number of H-pyrrole nitrogens is 1. The number of amides is 1. The molecule has 96 valence electrons. The molecule has 0 atom stereocenters. The van der Waals surface area contributed by atoms with E-state index in [0.29, 0.717) is 12.2 Å². The Morgan fingerprint density at radius 3 is 3.11 bits per heavy atom. The number of hydrogen-bond acceptors (Lipinski definition) is 3. The van der Waals surface area contributed by atoms with Gasteiger partial charge in [0.25, 0.3) is 5.91 Å². The van der Waals surface area contributed by atoms with Crippen LogP contribution >= 0.6 is 0 Å². The van der Waals surface area contributed by atoms with Gasteiger partial charge in [-0.1, -0.05) is 18.2 Å². The zero-order valence-corrected chi connectivity index (χ0v) is 10.2. The van der Waals surface area contributed by atoms with Crippen LogP contribution in [0.25, 0.3) is 10.9 Å². The number of carbonyl (C=O) groups excluding carboxylic acids is 1. The maximum Gasteiger partial charge on any atom is 0.273 e. The van der Waals surface area contributed by atoms with Crippen molar-refractivity contribution >= 4 is 16.8 Å². The number of nitrogens with zero attached hydrogens (tertiary/aromatic N) is 1. The molecular formula is C14H13N3O2. The summed E-state index contributed by atoms with van der Waals surface area (Å²) < 4.78 is 4.77. The van der Waals surface area contributed by atoms with Gasteiger partial charge in [-0.3, -0.25) is 4.79 Å². The summed E-state index contributed by atoms with van der Waals surface area (Å²) in [5.74, 6) is -0.214. The van der Waals surface area contributed by atoms with Gasteiger partial charge in [0.1, 0.15) is 6.26 Å². The molecule has 0 aliphatic carbocycles. The van der Waals surface area contributed by atoms with Gasteiger partial charge in [-0.25, -0.2) is 4.98 Å². The van der Waals surface area contributed by atoms with Crippen molar-refractivity contribution in [2.24, 2.45) is 0 Å². The van der Waals surface area contributed by atoms with Crippen LogP contribution in [0.5, 0.6) is 0 Å². The Morgan fingerprint density at radius 2 is 2.26 bits per heavy atom. The molecule has 1 amide bonds. The summed E-state index contributed by atoms with van der Waals surface area (Å²) in [6.45, 7) is 0.563. The predicted molar refractivity (Wildman–Crippen MR) is 70.8 cm³/mol. The number of aromatic amines is 1. The van der Waals surface area contributed by atoms with Crippen LogP contribution in [0.4, 0.5) is 0 Å². The summed E-state index contributed by atoms with van der Waals surface area (Å²) in [6, 6.07) is 8.11. The summed E-state index contributed by atoms with van der Waals surface area (Å²) >= 11 is 0. The number of hydrogen-bond donors (Lipinski definition) is 2. The maximum atomic E-state index is 11.7. The van der Waals surface area contributed by atoms with E-state index in [9.17, 15) is 4.79 Å². The fourth-order valence-corrected chi connectivity index (χ4v) is 2.06. The van der Waals surface area contributed by atoms with Crippen molar-refractivity contribution in [3.05, 3.63) is 54.4 Å². The summed E-state index contributed by atoms with van der Waals surface area (Å²) in [4.78, 5) is 18.7. The Kier molecular flexibility index (Phi) is 3.02. The van der Waals surface area contributed by atoms with Gasteiger partial charge in [0, 0.05) is 23.6 Å². The normalized spacial score (nSPS) is 10.7. The highest BCUT2D eigenvalue weighted by Crippen LogP contribution is 2.17. The van der Waals surface area contributed by atoms with E-state index in [1.807, 2.05) is 24.4 Å². The first-order valence-electron chi connectivity index (χ1n) is 6.06. The number of fused-ring (bicyclic) bond motifs is 1. The second-order valence-electron chi connectivity index (χ2n) is 4.24. The number of rotatable bonds is 4. The van der Waals surface area contributed by atoms with Crippen molar-refractivity contribution in [2.45, 2.75) is 6.42 Å². The highest BCUT2D eigenvalue weighted by molar-refractivity contribution is 5.91. The molecule has 2 N–H and O–H groups in total. The molecule has 19 heavy (non-hydrogen) atoms. The maximum absolute atomic E-state index is 11.7. The molecule has 1 aromatic carbocycles. The number of para-hydroxylation sites is 1. The first kappa shape index (κ1) is 11.5. The van der Waals surface area contributed by atoms with Crippen molar-refractivity contribution < 1.29 is 9.21 Å². The fourth-order valence-electron chi connectivity index (χ4n) is 2.06. The first-order chi connectivity index (χ1) is 9.34. The third-order valence-electron chi connectivity index (χ3n) is 3.02. The SMILES string of the molecule is O=C(NCCc1c[nH]c2ccccc12)c1cocn1. The minimum absolute atomic E-state index is 0.214. The molecule has 3 rings (SSSR count). The largest absolute Gasteiger partial charge is 0.451 e. The van der Waals surface area contributed by atoms with E-state index >= 15 is 0 Å². The van der Waals surface area contributed by atoms with Crippen LogP contribution in [-0.4, -0.2) is 22.4 Å². The van der Waals surface area contributed by atoms with Crippen molar-refractivity contribution in [3.8, 4) is 0 Å². The average Bonchev–Trinajstić information content (AvgIpc) is 3.08. The van der Waals surface area contributed by atoms with Gasteiger partial charge in [0.2, 0.25) is 0 Å². The third-order valence-corrected chi connectivity index (χ3v) is 3.02. The molecule has 0 spiro atoms. The molecule has 2 heterocycles. The molecule has 3 aromatic rings. The van der Waals surface area contributed by atoms with Crippen LogP contribution in [0.15, 0.2) is 47.5 Å². The number of aromatic nitrogens is 2. The molecule has 0 aliphatic rings. The molecule has 0 fully saturated rings. The summed E-state index contributed by atoms with van der Waals surface area (Å²) in [7, 11) is 0. The summed E-state index contributed by atoms with van der Waals surface area (Å²) in [6.07, 6.45) is 5.33. The van der Waals surface area contributed by atoms with Crippen LogP contribution in [0.2, 0.25) is 0 Å². The zero-order chi connectivity index (χ0) is 13.1. The minimum atomic E-state index is -0.214. The van der Waals surface area contributed by atoms with Crippen molar-refractivity contribution in [3.63, 3.8) is 0 Å².